The summed E-state index contributed by atoms with van der Waals surface area (Å²) in [5.41, 5.74) is 1.89. The van der Waals surface area contributed by atoms with Gasteiger partial charge in [0, 0.05) is 5.39 Å². The Labute approximate surface area is 74.6 Å². The molecule has 1 aromatic carbocycles. The molecule has 66 valence electrons. The Balaban J connectivity index is 2.86. The largest absolute Gasteiger partial charge is 0.478 e. The molecule has 1 N–H and O–H groups in total. The van der Waals surface area contributed by atoms with Crippen LogP contribution in [0.15, 0.2) is 28.9 Å². The highest BCUT2D eigenvalue weighted by Gasteiger charge is 2.11. The second kappa shape index (κ2) is 2.62. The van der Waals surface area contributed by atoms with Crippen molar-refractivity contribution < 1.29 is 14.3 Å². The molecule has 0 radical (unpaired) electrons. The van der Waals surface area contributed by atoms with Crippen molar-refractivity contribution in [3.8, 4) is 0 Å². The normalized spacial score (nSPS) is 10.5. The van der Waals surface area contributed by atoms with Crippen LogP contribution in [0.3, 0.4) is 0 Å². The van der Waals surface area contributed by atoms with Crippen LogP contribution < -0.4 is 0 Å². The number of furan rings is 1. The highest BCUT2D eigenvalue weighted by atomic mass is 16.4. The molecule has 0 fully saturated rings. The first-order valence-electron chi connectivity index (χ1n) is 3.90. The van der Waals surface area contributed by atoms with Gasteiger partial charge in [0.15, 0.2) is 0 Å². The van der Waals surface area contributed by atoms with E-state index in [9.17, 15) is 4.79 Å². The van der Waals surface area contributed by atoms with Gasteiger partial charge in [-0.05, 0) is 24.6 Å². The molecule has 0 saturated carbocycles. The van der Waals surface area contributed by atoms with E-state index in [4.69, 9.17) is 9.52 Å². The molecular formula is C10H8O3. The summed E-state index contributed by atoms with van der Waals surface area (Å²) in [6.07, 6.45) is 1.50. The Morgan fingerprint density at radius 3 is 2.85 bits per heavy atom. The van der Waals surface area contributed by atoms with Crippen molar-refractivity contribution in [3.63, 3.8) is 0 Å². The zero-order chi connectivity index (χ0) is 9.42. The van der Waals surface area contributed by atoms with Gasteiger partial charge in [-0.25, -0.2) is 4.79 Å². The van der Waals surface area contributed by atoms with Gasteiger partial charge in [-0.1, -0.05) is 6.07 Å². The second-order valence-corrected chi connectivity index (χ2v) is 2.90. The van der Waals surface area contributed by atoms with Gasteiger partial charge in [-0.15, -0.1) is 0 Å². The summed E-state index contributed by atoms with van der Waals surface area (Å²) < 4.78 is 5.18. The summed E-state index contributed by atoms with van der Waals surface area (Å²) in [7, 11) is 0. The summed E-state index contributed by atoms with van der Waals surface area (Å²) in [6, 6.07) is 5.01. The Hall–Kier alpha value is -1.77. The third-order valence-corrected chi connectivity index (χ3v) is 2.04. The lowest BCUT2D eigenvalue weighted by atomic mass is 10.1. The number of carboxylic acids is 1. The number of hydrogen-bond donors (Lipinski definition) is 1. The third kappa shape index (κ3) is 1.09. The summed E-state index contributed by atoms with van der Waals surface area (Å²) in [5.74, 6) is -0.925. The predicted octanol–water partition coefficient (Wildman–Crippen LogP) is 2.44. The quantitative estimate of drug-likeness (QED) is 0.725. The van der Waals surface area contributed by atoms with Gasteiger partial charge >= 0.3 is 5.97 Å². The number of carboxylic acid groups (broad SMARTS) is 1. The van der Waals surface area contributed by atoms with Gasteiger partial charge < -0.3 is 9.52 Å². The minimum Gasteiger partial charge on any atom is -0.478 e. The molecule has 0 spiro atoms. The molecule has 2 aromatic rings. The molecule has 2 rings (SSSR count). The summed E-state index contributed by atoms with van der Waals surface area (Å²) in [4.78, 5) is 10.8. The summed E-state index contributed by atoms with van der Waals surface area (Å²) >= 11 is 0. The molecule has 0 aliphatic carbocycles. The molecule has 1 aromatic heterocycles. The fraction of sp³-hybridized carbons (Fsp3) is 0.100. The highest BCUT2D eigenvalue weighted by molar-refractivity contribution is 6.02. The van der Waals surface area contributed by atoms with Crippen molar-refractivity contribution in [1.82, 2.24) is 0 Å². The van der Waals surface area contributed by atoms with Crippen LogP contribution in [0.25, 0.3) is 11.0 Å². The van der Waals surface area contributed by atoms with E-state index in [1.807, 2.05) is 6.92 Å². The van der Waals surface area contributed by atoms with Crippen molar-refractivity contribution in [2.24, 2.45) is 0 Å². The smallest absolute Gasteiger partial charge is 0.336 e. The first-order valence-corrected chi connectivity index (χ1v) is 3.90. The summed E-state index contributed by atoms with van der Waals surface area (Å²) in [6.45, 7) is 1.89. The van der Waals surface area contributed by atoms with Crippen molar-refractivity contribution in [1.29, 1.82) is 0 Å². The van der Waals surface area contributed by atoms with Crippen LogP contribution in [0.4, 0.5) is 0 Å². The number of aryl methyl sites for hydroxylation is 1. The lowest BCUT2D eigenvalue weighted by Crippen LogP contribution is -1.96. The maximum absolute atomic E-state index is 10.8. The first kappa shape index (κ1) is 7.86. The van der Waals surface area contributed by atoms with Crippen LogP contribution in [0.2, 0.25) is 0 Å². The highest BCUT2D eigenvalue weighted by Crippen LogP contribution is 2.23. The van der Waals surface area contributed by atoms with E-state index in [1.165, 1.54) is 6.26 Å². The van der Waals surface area contributed by atoms with Gasteiger partial charge in [-0.2, -0.15) is 0 Å². The van der Waals surface area contributed by atoms with Gasteiger partial charge in [0.25, 0.3) is 0 Å². The Morgan fingerprint density at radius 2 is 2.15 bits per heavy atom. The number of benzene rings is 1. The van der Waals surface area contributed by atoms with Crippen LogP contribution >= 0.6 is 0 Å². The number of aromatic carboxylic acids is 1. The average molecular weight is 176 g/mol. The van der Waals surface area contributed by atoms with E-state index in [0.717, 1.165) is 5.56 Å². The molecule has 0 bridgehead atoms. The maximum atomic E-state index is 10.8. The van der Waals surface area contributed by atoms with Gasteiger partial charge in [0.1, 0.15) is 5.58 Å². The number of hydrogen-bond acceptors (Lipinski definition) is 2. The van der Waals surface area contributed by atoms with E-state index in [-0.39, 0.29) is 5.56 Å². The number of fused-ring (bicyclic) bond motifs is 1. The van der Waals surface area contributed by atoms with Crippen LogP contribution in [-0.2, 0) is 0 Å². The van der Waals surface area contributed by atoms with E-state index >= 15 is 0 Å². The minimum atomic E-state index is -0.925. The molecule has 3 heteroatoms. The van der Waals surface area contributed by atoms with E-state index < -0.39 is 5.97 Å². The fourth-order valence-corrected chi connectivity index (χ4v) is 1.39. The lowest BCUT2D eigenvalue weighted by Gasteiger charge is -1.98. The van der Waals surface area contributed by atoms with Crippen molar-refractivity contribution >= 4 is 16.9 Å². The zero-order valence-electron chi connectivity index (χ0n) is 7.07. The molecule has 0 aliphatic rings. The van der Waals surface area contributed by atoms with Gasteiger partial charge in [-0.3, -0.25) is 0 Å². The van der Waals surface area contributed by atoms with Crippen LogP contribution in [0.5, 0.6) is 0 Å². The first-order chi connectivity index (χ1) is 6.20. The molecule has 1 heterocycles. The van der Waals surface area contributed by atoms with E-state index in [2.05, 4.69) is 0 Å². The molecule has 3 nitrogen and oxygen atoms in total. The average Bonchev–Trinajstić information content (AvgIpc) is 2.53. The molecule has 0 aliphatic heterocycles. The number of rotatable bonds is 1. The zero-order valence-corrected chi connectivity index (χ0v) is 7.07. The molecule has 0 unspecified atom stereocenters. The van der Waals surface area contributed by atoms with E-state index in [0.29, 0.717) is 11.0 Å². The predicted molar refractivity (Wildman–Crippen MR) is 47.9 cm³/mol. The topological polar surface area (TPSA) is 50.4 Å². The van der Waals surface area contributed by atoms with Crippen LogP contribution in [0, 0.1) is 6.92 Å². The number of carbonyl (C=O) groups is 1. The Morgan fingerprint density at radius 1 is 1.38 bits per heavy atom. The van der Waals surface area contributed by atoms with Crippen LogP contribution in [0.1, 0.15) is 15.9 Å². The molecule has 0 saturated heterocycles. The molecule has 13 heavy (non-hydrogen) atoms. The molecular weight excluding hydrogens is 168 g/mol. The summed E-state index contributed by atoms with van der Waals surface area (Å²) in [5, 5.41) is 9.51. The standard InChI is InChI=1S/C10H8O3/c1-6-2-3-8(10(11)12)7-4-5-13-9(6)7/h2-5H,1H3,(H,11,12). The Bertz CT molecular complexity index is 468. The third-order valence-electron chi connectivity index (χ3n) is 2.04. The fourth-order valence-electron chi connectivity index (χ4n) is 1.39. The van der Waals surface area contributed by atoms with Crippen molar-refractivity contribution in [2.75, 3.05) is 0 Å². The minimum absolute atomic E-state index is 0.286. The monoisotopic (exact) mass is 176 g/mol. The van der Waals surface area contributed by atoms with Crippen LogP contribution in [-0.4, -0.2) is 11.1 Å². The molecule has 0 atom stereocenters. The SMILES string of the molecule is Cc1ccc(C(=O)O)c2ccoc12. The van der Waals surface area contributed by atoms with Gasteiger partial charge in [0.2, 0.25) is 0 Å². The molecule has 0 amide bonds. The maximum Gasteiger partial charge on any atom is 0.336 e. The second-order valence-electron chi connectivity index (χ2n) is 2.90. The lowest BCUT2D eigenvalue weighted by molar-refractivity contribution is 0.0699. The van der Waals surface area contributed by atoms with Crippen molar-refractivity contribution in [3.05, 3.63) is 35.6 Å². The Kier molecular flexibility index (Phi) is 1.59. The van der Waals surface area contributed by atoms with E-state index in [1.54, 1.807) is 18.2 Å². The van der Waals surface area contributed by atoms with Crippen molar-refractivity contribution in [2.45, 2.75) is 6.92 Å². The van der Waals surface area contributed by atoms with Gasteiger partial charge in [0.05, 0.1) is 11.8 Å².